The lowest BCUT2D eigenvalue weighted by Gasteiger charge is -2.23. The number of carbonyl (C=O) groups is 1. The number of hydrogen-bond donors (Lipinski definition) is 0. The number of fused-ring (bicyclic) bond motifs is 1. The minimum absolute atomic E-state index is 0.130. The van der Waals surface area contributed by atoms with Gasteiger partial charge in [0.25, 0.3) is 0 Å². The fraction of sp³-hybridized carbons (Fsp3) is 0.500. The average Bonchev–Trinajstić information content (AvgIpc) is 3.01. The van der Waals surface area contributed by atoms with Gasteiger partial charge >= 0.3 is 5.97 Å². The first-order valence-electron chi connectivity index (χ1n) is 8.24. The summed E-state index contributed by atoms with van der Waals surface area (Å²) in [6, 6.07) is 6.03. The lowest BCUT2D eigenvalue weighted by atomic mass is 9.98. The molecule has 1 aliphatic rings. The molecule has 0 saturated heterocycles. The molecule has 0 N–H and O–H groups in total. The number of carbonyl (C=O) groups excluding carboxylic acids is 1. The third-order valence-electron chi connectivity index (χ3n) is 4.74. The Morgan fingerprint density at radius 1 is 1.33 bits per heavy atom. The Hall–Kier alpha value is -2.37. The number of esters is 1. The maximum atomic E-state index is 11.7. The van der Waals surface area contributed by atoms with E-state index >= 15 is 0 Å². The van der Waals surface area contributed by atoms with Crippen LogP contribution in [0.25, 0.3) is 0 Å². The molecule has 0 fully saturated rings. The Balaban J connectivity index is 1.78. The number of aromatic nitrogens is 3. The van der Waals surface area contributed by atoms with Crippen molar-refractivity contribution in [2.75, 3.05) is 7.11 Å². The second-order valence-electron chi connectivity index (χ2n) is 6.30. The van der Waals surface area contributed by atoms with Crippen molar-refractivity contribution in [1.29, 1.82) is 0 Å². The predicted molar refractivity (Wildman–Crippen MR) is 88.8 cm³/mol. The third kappa shape index (κ3) is 3.00. The Morgan fingerprint density at radius 2 is 2.12 bits per heavy atom. The Kier molecular flexibility index (Phi) is 4.55. The maximum Gasteiger partial charge on any atom is 0.309 e. The van der Waals surface area contributed by atoms with Crippen molar-refractivity contribution in [3.63, 3.8) is 0 Å². The smallest absolute Gasteiger partial charge is 0.309 e. The highest BCUT2D eigenvalue weighted by atomic mass is 16.5. The number of benzene rings is 1. The maximum absolute atomic E-state index is 11.7. The largest absolute Gasteiger partial charge is 0.482 e. The molecular weight excluding hydrogens is 306 g/mol. The zero-order chi connectivity index (χ0) is 17.3. The minimum atomic E-state index is -0.207. The van der Waals surface area contributed by atoms with E-state index in [4.69, 9.17) is 9.47 Å². The van der Waals surface area contributed by atoms with E-state index in [1.54, 1.807) is 0 Å². The molecule has 1 aromatic carbocycles. The molecule has 2 aromatic rings. The molecule has 128 valence electrons. The SMILES string of the molecule is COC(=O)C1CCn2c(nnc2C(C)Oc2cccc(C)c2C)C1. The third-order valence-corrected chi connectivity index (χ3v) is 4.74. The van der Waals surface area contributed by atoms with Crippen LogP contribution in [0.2, 0.25) is 0 Å². The van der Waals surface area contributed by atoms with Crippen molar-refractivity contribution >= 4 is 5.97 Å². The van der Waals surface area contributed by atoms with E-state index < -0.39 is 0 Å². The van der Waals surface area contributed by atoms with Crippen molar-refractivity contribution < 1.29 is 14.3 Å². The Labute approximate surface area is 141 Å². The molecule has 1 aromatic heterocycles. The summed E-state index contributed by atoms with van der Waals surface area (Å²) in [7, 11) is 1.42. The van der Waals surface area contributed by atoms with Crippen molar-refractivity contribution in [3.05, 3.63) is 41.0 Å². The molecule has 24 heavy (non-hydrogen) atoms. The summed E-state index contributed by atoms with van der Waals surface area (Å²) in [5.74, 6) is 2.18. The first kappa shape index (κ1) is 16.5. The second kappa shape index (κ2) is 6.63. The van der Waals surface area contributed by atoms with E-state index in [1.165, 1.54) is 12.7 Å². The lowest BCUT2D eigenvalue weighted by molar-refractivity contribution is -0.146. The second-order valence-corrected chi connectivity index (χ2v) is 6.30. The molecule has 3 rings (SSSR count). The van der Waals surface area contributed by atoms with Crippen LogP contribution < -0.4 is 4.74 Å². The van der Waals surface area contributed by atoms with E-state index in [2.05, 4.69) is 34.7 Å². The summed E-state index contributed by atoms with van der Waals surface area (Å²) in [5, 5.41) is 8.55. The van der Waals surface area contributed by atoms with E-state index in [-0.39, 0.29) is 18.0 Å². The Morgan fingerprint density at radius 3 is 2.88 bits per heavy atom. The van der Waals surface area contributed by atoms with Gasteiger partial charge in [-0.05, 0) is 44.4 Å². The molecular formula is C18H23N3O3. The topological polar surface area (TPSA) is 66.2 Å². The van der Waals surface area contributed by atoms with Crippen LogP contribution in [0.15, 0.2) is 18.2 Å². The van der Waals surface area contributed by atoms with Gasteiger partial charge in [0.15, 0.2) is 11.9 Å². The van der Waals surface area contributed by atoms with Crippen LogP contribution in [-0.4, -0.2) is 27.8 Å². The number of aryl methyl sites for hydroxylation is 1. The summed E-state index contributed by atoms with van der Waals surface area (Å²) in [6.45, 7) is 6.81. The first-order chi connectivity index (χ1) is 11.5. The van der Waals surface area contributed by atoms with E-state index in [0.717, 1.165) is 29.4 Å². The molecule has 6 nitrogen and oxygen atoms in total. The quantitative estimate of drug-likeness (QED) is 0.807. The minimum Gasteiger partial charge on any atom is -0.482 e. The van der Waals surface area contributed by atoms with Gasteiger partial charge in [0.05, 0.1) is 13.0 Å². The molecule has 0 aliphatic carbocycles. The van der Waals surface area contributed by atoms with Gasteiger partial charge in [-0.15, -0.1) is 10.2 Å². The summed E-state index contributed by atoms with van der Waals surface area (Å²) in [5.41, 5.74) is 2.33. The van der Waals surface area contributed by atoms with Crippen LogP contribution in [0, 0.1) is 19.8 Å². The monoisotopic (exact) mass is 329 g/mol. The van der Waals surface area contributed by atoms with Crippen LogP contribution in [0.4, 0.5) is 0 Å². The number of rotatable bonds is 4. The fourth-order valence-electron chi connectivity index (χ4n) is 3.11. The molecule has 6 heteroatoms. The zero-order valence-electron chi connectivity index (χ0n) is 14.6. The summed E-state index contributed by atoms with van der Waals surface area (Å²) < 4.78 is 13.0. The van der Waals surface area contributed by atoms with Crippen LogP contribution in [0.3, 0.4) is 0 Å². The van der Waals surface area contributed by atoms with Gasteiger partial charge in [0.1, 0.15) is 11.6 Å². The van der Waals surface area contributed by atoms with Crippen molar-refractivity contribution in [2.24, 2.45) is 5.92 Å². The fourth-order valence-corrected chi connectivity index (χ4v) is 3.11. The van der Waals surface area contributed by atoms with Crippen molar-refractivity contribution in [3.8, 4) is 5.75 Å². The molecule has 2 unspecified atom stereocenters. The highest BCUT2D eigenvalue weighted by Crippen LogP contribution is 2.28. The van der Waals surface area contributed by atoms with Crippen molar-refractivity contribution in [2.45, 2.75) is 46.3 Å². The van der Waals surface area contributed by atoms with Gasteiger partial charge in [0, 0.05) is 13.0 Å². The van der Waals surface area contributed by atoms with E-state index in [9.17, 15) is 4.79 Å². The number of hydrogen-bond acceptors (Lipinski definition) is 5. The van der Waals surface area contributed by atoms with Gasteiger partial charge in [-0.3, -0.25) is 4.79 Å². The molecule has 0 radical (unpaired) electrons. The summed E-state index contributed by atoms with van der Waals surface area (Å²) in [4.78, 5) is 11.7. The van der Waals surface area contributed by atoms with E-state index in [1.807, 2.05) is 19.1 Å². The van der Waals surface area contributed by atoms with Gasteiger partial charge in [-0.25, -0.2) is 0 Å². The van der Waals surface area contributed by atoms with Crippen LogP contribution >= 0.6 is 0 Å². The van der Waals surface area contributed by atoms with Gasteiger partial charge in [-0.1, -0.05) is 12.1 Å². The molecule has 2 atom stereocenters. The van der Waals surface area contributed by atoms with E-state index in [0.29, 0.717) is 13.0 Å². The summed E-state index contributed by atoms with van der Waals surface area (Å²) in [6.07, 6.45) is 1.10. The number of methoxy groups -OCH3 is 1. The highest BCUT2D eigenvalue weighted by Gasteiger charge is 2.30. The van der Waals surface area contributed by atoms with Gasteiger partial charge in [0.2, 0.25) is 0 Å². The molecule has 0 bridgehead atoms. The van der Waals surface area contributed by atoms with Crippen LogP contribution in [0.5, 0.6) is 5.75 Å². The number of ether oxygens (including phenoxy) is 2. The standard InChI is InChI=1S/C18H23N3O3/c1-11-6-5-7-15(12(11)2)24-13(3)17-20-19-16-10-14(18(22)23-4)8-9-21(16)17/h5-7,13-14H,8-10H2,1-4H3. The molecule has 1 aliphatic heterocycles. The van der Waals surface area contributed by atoms with Crippen LogP contribution in [-0.2, 0) is 22.5 Å². The highest BCUT2D eigenvalue weighted by molar-refractivity contribution is 5.72. The van der Waals surface area contributed by atoms with Gasteiger partial charge in [-0.2, -0.15) is 0 Å². The number of nitrogens with zero attached hydrogens (tertiary/aromatic N) is 3. The summed E-state index contributed by atoms with van der Waals surface area (Å²) >= 11 is 0. The molecule has 2 heterocycles. The normalized spacial score (nSPS) is 17.9. The lowest BCUT2D eigenvalue weighted by Crippen LogP contribution is -2.28. The van der Waals surface area contributed by atoms with Gasteiger partial charge < -0.3 is 14.0 Å². The molecule has 0 spiro atoms. The van der Waals surface area contributed by atoms with Crippen molar-refractivity contribution in [1.82, 2.24) is 14.8 Å². The van der Waals surface area contributed by atoms with Crippen LogP contribution in [0.1, 0.15) is 42.2 Å². The Bertz CT molecular complexity index is 754. The first-order valence-corrected chi connectivity index (χ1v) is 8.24. The molecule has 0 saturated carbocycles. The zero-order valence-corrected chi connectivity index (χ0v) is 14.6. The molecule has 0 amide bonds. The predicted octanol–water partition coefficient (Wildman–Crippen LogP) is 2.77. The average molecular weight is 329 g/mol.